The topological polar surface area (TPSA) is 110 Å². The fourth-order valence-corrected chi connectivity index (χ4v) is 3.67. The van der Waals surface area contributed by atoms with Gasteiger partial charge >= 0.3 is 5.97 Å². The maximum Gasteiger partial charge on any atom is 0.309 e. The van der Waals surface area contributed by atoms with Gasteiger partial charge in [-0.25, -0.2) is 0 Å². The number of allylic oxidation sites excluding steroid dienone is 2. The van der Waals surface area contributed by atoms with Crippen LogP contribution in [0.1, 0.15) is 59.1 Å². The molecular weight excluding hydrogens is 424 g/mol. The summed E-state index contributed by atoms with van der Waals surface area (Å²) in [5.74, 6) is -2.76. The first-order chi connectivity index (χ1) is 15.7. The van der Waals surface area contributed by atoms with E-state index in [-0.39, 0.29) is 29.5 Å². The molecule has 0 radical (unpaired) electrons. The standard InChI is InChI=1S/C26H26O7/c1-15(2)9-12-21(33-23(30)14-22(32-3)16-7-5-4-6-8-16)17-13-20(29)24-18(27)10-11-19(28)25(24)26(17)31/h4-11,13,21-22,27-28H,12,14H2,1-3H3/t21-,22?/m1/s1. The fourth-order valence-electron chi connectivity index (χ4n) is 3.67. The highest BCUT2D eigenvalue weighted by atomic mass is 16.5. The Bertz CT molecular complexity index is 1120. The largest absolute Gasteiger partial charge is 0.507 e. The highest BCUT2D eigenvalue weighted by Crippen LogP contribution is 2.36. The lowest BCUT2D eigenvalue weighted by Crippen LogP contribution is -2.29. The van der Waals surface area contributed by atoms with Crippen LogP contribution in [0, 0.1) is 0 Å². The van der Waals surface area contributed by atoms with Crippen LogP contribution in [0.5, 0.6) is 11.5 Å². The Hall–Kier alpha value is -3.71. The molecule has 0 spiro atoms. The molecule has 1 aliphatic carbocycles. The Morgan fingerprint density at radius 3 is 2.21 bits per heavy atom. The Balaban J connectivity index is 1.89. The normalized spacial score (nSPS) is 14.7. The molecule has 0 heterocycles. The van der Waals surface area contributed by atoms with Gasteiger partial charge in [-0.2, -0.15) is 0 Å². The molecule has 172 valence electrons. The molecule has 2 N–H and O–H groups in total. The maximum atomic E-state index is 13.2. The van der Waals surface area contributed by atoms with Crippen molar-refractivity contribution < 1.29 is 34.1 Å². The van der Waals surface area contributed by atoms with Crippen molar-refractivity contribution in [1.29, 1.82) is 0 Å². The van der Waals surface area contributed by atoms with E-state index < -0.39 is 41.2 Å². The van der Waals surface area contributed by atoms with Crippen molar-refractivity contribution in [3.05, 3.63) is 82.5 Å². The van der Waals surface area contributed by atoms with E-state index in [2.05, 4.69) is 0 Å². The molecule has 0 fully saturated rings. The number of esters is 1. The number of hydrogen-bond acceptors (Lipinski definition) is 7. The molecule has 1 aliphatic rings. The number of aromatic hydroxyl groups is 2. The minimum absolute atomic E-state index is 0.0621. The van der Waals surface area contributed by atoms with Gasteiger partial charge in [0.2, 0.25) is 0 Å². The molecule has 0 aliphatic heterocycles. The van der Waals surface area contributed by atoms with Crippen LogP contribution in [0.4, 0.5) is 0 Å². The number of methoxy groups -OCH3 is 1. The number of phenols is 2. The third kappa shape index (κ3) is 5.38. The molecule has 7 heteroatoms. The molecule has 0 bridgehead atoms. The van der Waals surface area contributed by atoms with Crippen molar-refractivity contribution in [2.45, 2.75) is 38.9 Å². The number of rotatable bonds is 8. The van der Waals surface area contributed by atoms with E-state index in [0.717, 1.165) is 29.3 Å². The number of Topliss-reactive ketones (excluding diaryl/α,β-unsaturated/α-hetero) is 1. The smallest absolute Gasteiger partial charge is 0.309 e. The summed E-state index contributed by atoms with van der Waals surface area (Å²) in [7, 11) is 1.49. The van der Waals surface area contributed by atoms with Crippen LogP contribution in [0.15, 0.2) is 65.8 Å². The van der Waals surface area contributed by atoms with Crippen LogP contribution in [0.2, 0.25) is 0 Å². The summed E-state index contributed by atoms with van der Waals surface area (Å²) in [4.78, 5) is 38.7. The summed E-state index contributed by atoms with van der Waals surface area (Å²) < 4.78 is 11.1. The van der Waals surface area contributed by atoms with Crippen molar-refractivity contribution in [3.8, 4) is 11.5 Å². The van der Waals surface area contributed by atoms with Gasteiger partial charge in [0.1, 0.15) is 17.6 Å². The molecule has 2 aromatic carbocycles. The molecule has 0 saturated carbocycles. The van der Waals surface area contributed by atoms with Gasteiger partial charge < -0.3 is 19.7 Å². The zero-order chi connectivity index (χ0) is 24.1. The highest BCUT2D eigenvalue weighted by Gasteiger charge is 2.36. The second kappa shape index (κ2) is 10.3. The minimum Gasteiger partial charge on any atom is -0.507 e. The van der Waals surface area contributed by atoms with Crippen molar-refractivity contribution >= 4 is 17.5 Å². The van der Waals surface area contributed by atoms with Crippen LogP contribution in [0.3, 0.4) is 0 Å². The average Bonchev–Trinajstić information content (AvgIpc) is 2.79. The predicted molar refractivity (Wildman–Crippen MR) is 121 cm³/mol. The van der Waals surface area contributed by atoms with Crippen LogP contribution in [-0.4, -0.2) is 41.0 Å². The summed E-state index contributed by atoms with van der Waals surface area (Å²) in [6, 6.07) is 11.5. The van der Waals surface area contributed by atoms with Gasteiger partial charge in [0.25, 0.3) is 0 Å². The summed E-state index contributed by atoms with van der Waals surface area (Å²) in [5, 5.41) is 20.2. The van der Waals surface area contributed by atoms with Crippen molar-refractivity contribution in [1.82, 2.24) is 0 Å². The number of ether oxygens (including phenoxy) is 2. The van der Waals surface area contributed by atoms with E-state index in [4.69, 9.17) is 9.47 Å². The van der Waals surface area contributed by atoms with Crippen LogP contribution >= 0.6 is 0 Å². The maximum absolute atomic E-state index is 13.2. The molecule has 2 atom stereocenters. The van der Waals surface area contributed by atoms with Crippen LogP contribution < -0.4 is 0 Å². The van der Waals surface area contributed by atoms with E-state index in [1.165, 1.54) is 7.11 Å². The molecule has 3 rings (SSSR count). The van der Waals surface area contributed by atoms with Gasteiger partial charge in [0, 0.05) is 19.1 Å². The quantitative estimate of drug-likeness (QED) is 0.347. The van der Waals surface area contributed by atoms with Crippen molar-refractivity contribution in [3.63, 3.8) is 0 Å². The Labute approximate surface area is 192 Å². The lowest BCUT2D eigenvalue weighted by molar-refractivity contribution is -0.150. The minimum atomic E-state index is -1.05. The number of hydrogen-bond donors (Lipinski definition) is 2. The number of phenolic OH excluding ortho intramolecular Hbond substituents is 2. The molecule has 0 aromatic heterocycles. The molecule has 0 saturated heterocycles. The molecular formula is C26H26O7. The summed E-state index contributed by atoms with van der Waals surface area (Å²) in [6.07, 6.45) is 1.33. The lowest BCUT2D eigenvalue weighted by Gasteiger charge is -2.24. The van der Waals surface area contributed by atoms with Gasteiger partial charge in [-0.3, -0.25) is 14.4 Å². The Morgan fingerprint density at radius 1 is 0.970 bits per heavy atom. The molecule has 1 unspecified atom stereocenters. The van der Waals surface area contributed by atoms with E-state index in [0.29, 0.717) is 0 Å². The molecule has 2 aromatic rings. The van der Waals surface area contributed by atoms with Gasteiger partial charge in [0.05, 0.1) is 23.7 Å². The van der Waals surface area contributed by atoms with Crippen molar-refractivity contribution in [2.24, 2.45) is 0 Å². The van der Waals surface area contributed by atoms with Gasteiger partial charge in [0.15, 0.2) is 11.6 Å². The second-order valence-corrected chi connectivity index (χ2v) is 7.98. The van der Waals surface area contributed by atoms with E-state index >= 15 is 0 Å². The summed E-state index contributed by atoms with van der Waals surface area (Å²) in [6.45, 7) is 3.72. The highest BCUT2D eigenvalue weighted by molar-refractivity contribution is 6.27. The van der Waals surface area contributed by atoms with Crippen LogP contribution in [0.25, 0.3) is 0 Å². The fraction of sp³-hybridized carbons (Fsp3) is 0.269. The SMILES string of the molecule is COC(CC(=O)O[C@H](CC=C(C)C)C1=CC(=O)c2c(O)ccc(O)c2C1=O)c1ccccc1. The van der Waals surface area contributed by atoms with E-state index in [9.17, 15) is 24.6 Å². The first-order valence-electron chi connectivity index (χ1n) is 10.5. The second-order valence-electron chi connectivity index (χ2n) is 7.98. The number of ketones is 2. The Kier molecular flexibility index (Phi) is 7.45. The lowest BCUT2D eigenvalue weighted by atomic mass is 9.85. The monoisotopic (exact) mass is 450 g/mol. The van der Waals surface area contributed by atoms with Gasteiger partial charge in [-0.05, 0) is 37.6 Å². The third-order valence-corrected chi connectivity index (χ3v) is 5.35. The first kappa shape index (κ1) is 23.9. The van der Waals surface area contributed by atoms with Crippen molar-refractivity contribution in [2.75, 3.05) is 7.11 Å². The Morgan fingerprint density at radius 2 is 1.61 bits per heavy atom. The number of fused-ring (bicyclic) bond motifs is 1. The zero-order valence-electron chi connectivity index (χ0n) is 18.7. The number of carbonyl (C=O) groups is 3. The average molecular weight is 450 g/mol. The number of carbonyl (C=O) groups excluding carboxylic acids is 3. The third-order valence-electron chi connectivity index (χ3n) is 5.35. The summed E-state index contributed by atoms with van der Waals surface area (Å²) in [5.41, 5.74) is 1.11. The molecule has 0 amide bonds. The summed E-state index contributed by atoms with van der Waals surface area (Å²) >= 11 is 0. The zero-order valence-corrected chi connectivity index (χ0v) is 18.7. The van der Waals surface area contributed by atoms with E-state index in [1.807, 2.05) is 44.2 Å². The predicted octanol–water partition coefficient (Wildman–Crippen LogP) is 4.45. The van der Waals surface area contributed by atoms with Crippen LogP contribution in [-0.2, 0) is 14.3 Å². The molecule has 33 heavy (non-hydrogen) atoms. The van der Waals surface area contributed by atoms with Gasteiger partial charge in [-0.1, -0.05) is 42.0 Å². The number of benzene rings is 2. The van der Waals surface area contributed by atoms with Gasteiger partial charge in [-0.15, -0.1) is 0 Å². The first-order valence-corrected chi connectivity index (χ1v) is 10.5. The van der Waals surface area contributed by atoms with E-state index in [1.54, 1.807) is 6.08 Å². The molecule has 7 nitrogen and oxygen atoms in total.